The molecule has 7 nitrogen and oxygen atoms in total. The minimum atomic E-state index is -2.25. The van der Waals surface area contributed by atoms with E-state index in [1.54, 1.807) is 20.8 Å². The largest absolute Gasteiger partial charge is 0.477 e. The Labute approximate surface area is 106 Å². The number of rotatable bonds is 5. The van der Waals surface area contributed by atoms with Gasteiger partial charge in [0.15, 0.2) is 0 Å². The second-order valence-electron chi connectivity index (χ2n) is 4.45. The number of aliphatic carboxylic acids is 1. The Balaban J connectivity index is 4.59. The molecular weight excluding hydrogens is 261 g/mol. The predicted molar refractivity (Wildman–Crippen MR) is 66.0 cm³/mol. The molecule has 0 aromatic heterocycles. The van der Waals surface area contributed by atoms with Gasteiger partial charge in [0.2, 0.25) is 0 Å². The lowest BCUT2D eigenvalue weighted by Crippen LogP contribution is -2.34. The van der Waals surface area contributed by atoms with Crippen LogP contribution in [-0.2, 0) is 14.1 Å². The smallest absolute Gasteiger partial charge is 0.412 e. The van der Waals surface area contributed by atoms with Gasteiger partial charge in [-0.2, -0.15) is 0 Å². The minimum Gasteiger partial charge on any atom is -0.477 e. The van der Waals surface area contributed by atoms with Gasteiger partial charge < -0.3 is 19.5 Å². The molecular formula is C10H18NO6P. The summed E-state index contributed by atoms with van der Waals surface area (Å²) in [7, 11) is -2.25. The Morgan fingerprint density at radius 3 is 2.33 bits per heavy atom. The van der Waals surface area contributed by atoms with Crippen molar-refractivity contribution >= 4 is 19.9 Å². The summed E-state index contributed by atoms with van der Waals surface area (Å²) in [5, 5.41) is 19.4. The van der Waals surface area contributed by atoms with Crippen LogP contribution in [0, 0.1) is 0 Å². The highest BCUT2D eigenvalue weighted by molar-refractivity contribution is 7.44. The third-order valence-electron chi connectivity index (χ3n) is 1.58. The number of nitrogens with one attached hydrogen (secondary N) is 1. The van der Waals surface area contributed by atoms with Crippen molar-refractivity contribution in [2.45, 2.75) is 26.4 Å². The zero-order valence-corrected chi connectivity index (χ0v) is 11.5. The van der Waals surface area contributed by atoms with E-state index in [4.69, 9.17) is 14.9 Å². The van der Waals surface area contributed by atoms with Gasteiger partial charge in [-0.15, -0.1) is 0 Å². The van der Waals surface area contributed by atoms with Crippen LogP contribution in [0.25, 0.3) is 0 Å². The van der Waals surface area contributed by atoms with Crippen LogP contribution in [-0.4, -0.2) is 40.4 Å². The lowest BCUT2D eigenvalue weighted by molar-refractivity contribution is -0.133. The van der Waals surface area contributed by atoms with Gasteiger partial charge in [-0.25, -0.2) is 9.59 Å². The van der Waals surface area contributed by atoms with Crippen molar-refractivity contribution in [1.82, 2.24) is 5.32 Å². The number of amides is 1. The number of ether oxygens (including phenoxy) is 1. The standard InChI is InChI=1S/C10H18NO6P/c1-10(2,3)17-9(15)11-7(8(13)14)4-5-18(16)6-12/h4,12,18H,5-6H2,1-3H3,(H,11,15)(H,13,14). The predicted octanol–water partition coefficient (Wildman–Crippen LogP) is 0.989. The SMILES string of the molecule is CC(C)(C)OC(=O)NC(=CC[PH](=O)CO)C(=O)O. The van der Waals surface area contributed by atoms with Crippen LogP contribution in [0.2, 0.25) is 0 Å². The van der Waals surface area contributed by atoms with Crippen molar-refractivity contribution in [3.8, 4) is 0 Å². The number of aliphatic hydroxyl groups is 1. The van der Waals surface area contributed by atoms with E-state index in [-0.39, 0.29) is 6.16 Å². The van der Waals surface area contributed by atoms with E-state index in [2.05, 4.69) is 0 Å². The van der Waals surface area contributed by atoms with Crippen LogP contribution in [0.5, 0.6) is 0 Å². The topological polar surface area (TPSA) is 113 Å². The summed E-state index contributed by atoms with van der Waals surface area (Å²) in [5.41, 5.74) is -1.16. The molecule has 1 amide bonds. The van der Waals surface area contributed by atoms with E-state index in [0.29, 0.717) is 0 Å². The van der Waals surface area contributed by atoms with Crippen molar-refractivity contribution < 1.29 is 29.1 Å². The fourth-order valence-electron chi connectivity index (χ4n) is 0.886. The summed E-state index contributed by atoms with van der Waals surface area (Å²) < 4.78 is 15.9. The Hall–Kier alpha value is -1.33. The zero-order valence-electron chi connectivity index (χ0n) is 10.5. The van der Waals surface area contributed by atoms with Crippen molar-refractivity contribution in [1.29, 1.82) is 0 Å². The molecule has 0 spiro atoms. The van der Waals surface area contributed by atoms with Gasteiger partial charge in [0.1, 0.15) is 19.1 Å². The third-order valence-corrected chi connectivity index (χ3v) is 2.59. The van der Waals surface area contributed by atoms with E-state index in [1.165, 1.54) is 0 Å². The first-order chi connectivity index (χ1) is 8.15. The highest BCUT2D eigenvalue weighted by Gasteiger charge is 2.19. The number of carboxylic acids is 1. The first-order valence-corrected chi connectivity index (χ1v) is 7.04. The molecule has 0 saturated carbocycles. The van der Waals surface area contributed by atoms with Gasteiger partial charge in [-0.1, -0.05) is 0 Å². The maximum Gasteiger partial charge on any atom is 0.412 e. The van der Waals surface area contributed by atoms with Crippen LogP contribution < -0.4 is 5.32 Å². The summed E-state index contributed by atoms with van der Waals surface area (Å²) in [6.45, 7) is 4.92. The van der Waals surface area contributed by atoms with Crippen LogP contribution in [0.1, 0.15) is 20.8 Å². The number of carboxylic acid groups (broad SMARTS) is 1. The molecule has 0 heterocycles. The normalized spacial score (nSPS) is 13.9. The van der Waals surface area contributed by atoms with Crippen molar-refractivity contribution in [2.75, 3.05) is 12.5 Å². The lowest BCUT2D eigenvalue weighted by atomic mass is 10.2. The highest BCUT2D eigenvalue weighted by Crippen LogP contribution is 2.18. The Kier molecular flexibility index (Phi) is 6.65. The zero-order chi connectivity index (χ0) is 14.3. The number of aliphatic hydroxyl groups excluding tert-OH is 1. The number of alkyl carbamates (subject to hydrolysis) is 1. The van der Waals surface area contributed by atoms with Gasteiger partial charge in [0.05, 0.1) is 6.35 Å². The molecule has 104 valence electrons. The molecule has 0 saturated heterocycles. The van der Waals surface area contributed by atoms with Gasteiger partial charge >= 0.3 is 12.1 Å². The van der Waals surface area contributed by atoms with Crippen molar-refractivity contribution in [3.63, 3.8) is 0 Å². The highest BCUT2D eigenvalue weighted by atomic mass is 31.1. The molecule has 0 rings (SSSR count). The molecule has 18 heavy (non-hydrogen) atoms. The van der Waals surface area contributed by atoms with E-state index in [1.807, 2.05) is 5.32 Å². The summed E-state index contributed by atoms with van der Waals surface area (Å²) >= 11 is 0. The van der Waals surface area contributed by atoms with Crippen LogP contribution in [0.4, 0.5) is 4.79 Å². The number of hydrogen-bond acceptors (Lipinski definition) is 5. The van der Waals surface area contributed by atoms with E-state index < -0.39 is 37.5 Å². The van der Waals surface area contributed by atoms with E-state index in [0.717, 1.165) is 6.08 Å². The van der Waals surface area contributed by atoms with Gasteiger partial charge in [0.25, 0.3) is 0 Å². The van der Waals surface area contributed by atoms with Gasteiger partial charge in [0, 0.05) is 6.16 Å². The fourth-order valence-corrected chi connectivity index (χ4v) is 1.45. The molecule has 0 aromatic rings. The van der Waals surface area contributed by atoms with Crippen LogP contribution in [0.15, 0.2) is 11.8 Å². The Morgan fingerprint density at radius 1 is 1.39 bits per heavy atom. The molecule has 0 aliphatic rings. The quantitative estimate of drug-likeness (QED) is 0.511. The molecule has 0 bridgehead atoms. The molecule has 0 fully saturated rings. The van der Waals surface area contributed by atoms with Gasteiger partial charge in [-0.05, 0) is 26.8 Å². The molecule has 0 aromatic carbocycles. The van der Waals surface area contributed by atoms with E-state index >= 15 is 0 Å². The number of hydrogen-bond donors (Lipinski definition) is 3. The molecule has 8 heteroatoms. The maximum atomic E-state index is 11.3. The average Bonchev–Trinajstić information content (AvgIpc) is 2.20. The van der Waals surface area contributed by atoms with Crippen LogP contribution in [0.3, 0.4) is 0 Å². The number of carbonyl (C=O) groups is 2. The van der Waals surface area contributed by atoms with Crippen LogP contribution >= 0.6 is 7.80 Å². The number of carbonyl (C=O) groups excluding carboxylic acids is 1. The monoisotopic (exact) mass is 279 g/mol. The Bertz CT molecular complexity index is 371. The second kappa shape index (κ2) is 7.18. The summed E-state index contributed by atoms with van der Waals surface area (Å²) in [6.07, 6.45) is -0.414. The number of allylic oxidation sites excluding steroid dienone is 1. The Morgan fingerprint density at radius 2 is 1.94 bits per heavy atom. The second-order valence-corrected chi connectivity index (χ2v) is 6.25. The molecule has 0 radical (unpaired) electrons. The maximum absolute atomic E-state index is 11.3. The minimum absolute atomic E-state index is 0.0986. The summed E-state index contributed by atoms with van der Waals surface area (Å²) in [5.74, 6) is -1.37. The molecule has 0 aliphatic heterocycles. The first kappa shape index (κ1) is 16.7. The summed E-state index contributed by atoms with van der Waals surface area (Å²) in [6, 6.07) is 0. The molecule has 1 atom stereocenters. The van der Waals surface area contributed by atoms with Gasteiger partial charge in [-0.3, -0.25) is 5.32 Å². The molecule has 3 N–H and O–H groups in total. The summed E-state index contributed by atoms with van der Waals surface area (Å²) in [4.78, 5) is 22.1. The lowest BCUT2D eigenvalue weighted by Gasteiger charge is -2.19. The third kappa shape index (κ3) is 7.86. The first-order valence-electron chi connectivity index (χ1n) is 5.21. The fraction of sp³-hybridized carbons (Fsp3) is 0.600. The molecule has 1 unspecified atom stereocenters. The average molecular weight is 279 g/mol. The van der Waals surface area contributed by atoms with Crippen molar-refractivity contribution in [3.05, 3.63) is 11.8 Å². The van der Waals surface area contributed by atoms with E-state index in [9.17, 15) is 14.2 Å². The molecule has 0 aliphatic carbocycles. The van der Waals surface area contributed by atoms with Crippen molar-refractivity contribution in [2.24, 2.45) is 0 Å².